The molecular weight excluding hydrogens is 170 g/mol. The molecule has 60 valence electrons. The maximum Gasteiger partial charge on any atom is 0.293 e. The van der Waals surface area contributed by atoms with Gasteiger partial charge in [0.2, 0.25) is 0 Å². The molecule has 0 spiro atoms. The number of hydrogen-bond acceptors (Lipinski definition) is 3. The Hall–Kier alpha value is -1.53. The minimum Gasteiger partial charge on any atom is -0.377 e. The fraction of sp³-hybridized carbons (Fsp3) is 0. The average molecular weight is 177 g/mol. The Balaban J connectivity index is 3.03. The third-order valence-electron chi connectivity index (χ3n) is 1.09. The van der Waals surface area contributed by atoms with Gasteiger partial charge < -0.3 is 4.74 Å². The molecule has 0 saturated heterocycles. The van der Waals surface area contributed by atoms with Crippen LogP contribution in [0.3, 0.4) is 0 Å². The van der Waals surface area contributed by atoms with Gasteiger partial charge in [0.1, 0.15) is 0 Å². The molecule has 0 amide bonds. The molecule has 0 unspecified atom stereocenters. The van der Waals surface area contributed by atoms with Crippen LogP contribution in [0.2, 0.25) is 0 Å². The van der Waals surface area contributed by atoms with Crippen molar-refractivity contribution in [3.63, 3.8) is 0 Å². The van der Waals surface area contributed by atoms with Crippen LogP contribution >= 0.6 is 11.3 Å². The van der Waals surface area contributed by atoms with Crippen LogP contribution in [0.4, 0.5) is 0 Å². The molecule has 0 bridgehead atoms. The van der Waals surface area contributed by atoms with Gasteiger partial charge in [-0.1, -0.05) is 30.3 Å². The van der Waals surface area contributed by atoms with E-state index in [1.807, 2.05) is 35.7 Å². The predicted molar refractivity (Wildman–Crippen MR) is 48.2 cm³/mol. The summed E-state index contributed by atoms with van der Waals surface area (Å²) >= 11 is 1.37. The lowest BCUT2D eigenvalue weighted by Gasteiger charge is -1.85. The highest BCUT2D eigenvalue weighted by molar-refractivity contribution is 7.11. The van der Waals surface area contributed by atoms with E-state index in [1.165, 1.54) is 11.3 Å². The normalized spacial score (nSPS) is 7.92. The Morgan fingerprint density at radius 3 is 2.75 bits per heavy atom. The fourth-order valence-corrected chi connectivity index (χ4v) is 1.17. The highest BCUT2D eigenvalue weighted by atomic mass is 32.1. The molecule has 0 aliphatic rings. The number of nitrogens with zero attached hydrogens (tertiary/aromatic N) is 1. The second kappa shape index (κ2) is 5.16. The van der Waals surface area contributed by atoms with E-state index in [0.29, 0.717) is 5.06 Å². The summed E-state index contributed by atoms with van der Waals surface area (Å²) in [5.74, 6) is 0. The topological polar surface area (TPSA) is 33.0 Å². The predicted octanol–water partition coefficient (Wildman–Crippen LogP) is 2.73. The first-order valence-electron chi connectivity index (χ1n) is 3.36. The molecule has 0 aromatic carbocycles. The van der Waals surface area contributed by atoms with E-state index < -0.39 is 0 Å². The monoisotopic (exact) mass is 177 g/mol. The van der Waals surface area contributed by atoms with E-state index >= 15 is 0 Å². The molecule has 0 saturated carbocycles. The number of rotatable bonds is 1. The van der Waals surface area contributed by atoms with E-state index in [-0.39, 0.29) is 0 Å². The number of ether oxygens (including phenoxy) is 1. The highest BCUT2D eigenvalue weighted by Gasteiger charge is 1.84. The van der Waals surface area contributed by atoms with Gasteiger partial charge in [-0.3, -0.25) is 0 Å². The molecule has 1 rings (SSSR count). The van der Waals surface area contributed by atoms with E-state index in [4.69, 9.17) is 5.26 Å². The largest absolute Gasteiger partial charge is 0.377 e. The lowest BCUT2D eigenvalue weighted by molar-refractivity contribution is 0.521. The van der Waals surface area contributed by atoms with E-state index in [0.717, 1.165) is 0 Å². The molecule has 1 aromatic heterocycles. The van der Waals surface area contributed by atoms with Gasteiger partial charge >= 0.3 is 0 Å². The Labute approximate surface area is 75.0 Å². The molecular formula is C9H7NOS. The molecule has 0 N–H and O–H groups in total. The van der Waals surface area contributed by atoms with Crippen LogP contribution in [0, 0.1) is 11.5 Å². The van der Waals surface area contributed by atoms with Crippen LogP contribution in [-0.4, -0.2) is 0 Å². The van der Waals surface area contributed by atoms with Gasteiger partial charge in [-0.05, 0) is 11.4 Å². The molecule has 1 aromatic rings. The van der Waals surface area contributed by atoms with Gasteiger partial charge in [-0.25, -0.2) is 0 Å². The van der Waals surface area contributed by atoms with Gasteiger partial charge in [0, 0.05) is 0 Å². The lowest BCUT2D eigenvalue weighted by atomic mass is 10.5. The molecule has 0 radical (unpaired) electrons. The van der Waals surface area contributed by atoms with Crippen molar-refractivity contribution in [3.05, 3.63) is 41.8 Å². The zero-order valence-electron chi connectivity index (χ0n) is 6.31. The Kier molecular flexibility index (Phi) is 3.69. The Bertz CT molecular complexity index is 301. The lowest BCUT2D eigenvalue weighted by Crippen LogP contribution is -1.74. The molecule has 12 heavy (non-hydrogen) atoms. The number of hydrogen-bond donors (Lipinski definition) is 0. The Morgan fingerprint density at radius 2 is 1.92 bits per heavy atom. The highest BCUT2D eigenvalue weighted by Crippen LogP contribution is 2.12. The Morgan fingerprint density at radius 1 is 1.17 bits per heavy atom. The van der Waals surface area contributed by atoms with Crippen molar-refractivity contribution < 1.29 is 4.74 Å². The first-order valence-corrected chi connectivity index (χ1v) is 4.24. The second-order valence-corrected chi connectivity index (χ2v) is 2.81. The van der Waals surface area contributed by atoms with E-state index in [2.05, 4.69) is 4.74 Å². The average Bonchev–Trinajstić information content (AvgIpc) is 2.19. The van der Waals surface area contributed by atoms with E-state index in [1.54, 1.807) is 12.3 Å². The zero-order valence-corrected chi connectivity index (χ0v) is 7.12. The summed E-state index contributed by atoms with van der Waals surface area (Å²) in [4.78, 5) is 0. The smallest absolute Gasteiger partial charge is 0.293 e. The van der Waals surface area contributed by atoms with Gasteiger partial charge in [-0.15, -0.1) is 16.6 Å². The van der Waals surface area contributed by atoms with Gasteiger partial charge in [0.05, 0.1) is 0 Å². The van der Waals surface area contributed by atoms with Gasteiger partial charge in [0.15, 0.2) is 5.06 Å². The first kappa shape index (κ1) is 8.57. The van der Waals surface area contributed by atoms with Crippen LogP contribution in [0.5, 0.6) is 5.06 Å². The maximum atomic E-state index is 8.26. The second-order valence-electron chi connectivity index (χ2n) is 1.90. The van der Waals surface area contributed by atoms with Gasteiger partial charge in [0.25, 0.3) is 6.26 Å². The summed E-state index contributed by atoms with van der Waals surface area (Å²) in [6.07, 6.45) is 1.63. The summed E-state index contributed by atoms with van der Waals surface area (Å²) in [5.41, 5.74) is 0. The van der Waals surface area contributed by atoms with Crippen molar-refractivity contribution >= 4 is 11.3 Å². The summed E-state index contributed by atoms with van der Waals surface area (Å²) < 4.78 is 4.67. The summed E-state index contributed by atoms with van der Waals surface area (Å²) in [6, 6.07) is 11.1. The molecule has 2 nitrogen and oxygen atoms in total. The molecule has 3 heteroatoms. The first-order chi connectivity index (χ1) is 5.93. The zero-order chi connectivity index (χ0) is 8.65. The molecule has 0 aliphatic carbocycles. The quantitative estimate of drug-likeness (QED) is 0.618. The summed E-state index contributed by atoms with van der Waals surface area (Å²) in [7, 11) is 0. The number of nitriles is 1. The van der Waals surface area contributed by atoms with Crippen molar-refractivity contribution in [2.45, 2.75) is 0 Å². The molecule has 0 aliphatic heterocycles. The van der Waals surface area contributed by atoms with Crippen LogP contribution in [0.25, 0.3) is 0 Å². The maximum absolute atomic E-state index is 8.26. The van der Waals surface area contributed by atoms with E-state index in [9.17, 15) is 0 Å². The minimum absolute atomic E-state index is 0.578. The molecule has 1 heterocycles. The third kappa shape index (κ3) is 3.04. The van der Waals surface area contributed by atoms with Crippen molar-refractivity contribution in [1.29, 1.82) is 5.26 Å². The van der Waals surface area contributed by atoms with Crippen molar-refractivity contribution in [2.24, 2.45) is 0 Å². The van der Waals surface area contributed by atoms with Crippen LogP contribution in [-0.2, 0) is 0 Å². The summed E-state index contributed by atoms with van der Waals surface area (Å²) in [5, 5.41) is 10.7. The molecule has 0 atom stereocenters. The van der Waals surface area contributed by atoms with Crippen LogP contribution in [0.15, 0.2) is 41.8 Å². The standard InChI is InChI=1S/C9H7NOS/c10-8-11-9-6-4-2-1-3-5-7-12-9/h1-7H. The van der Waals surface area contributed by atoms with Crippen molar-refractivity contribution in [1.82, 2.24) is 0 Å². The minimum atomic E-state index is 0.578. The van der Waals surface area contributed by atoms with Crippen LogP contribution in [0.1, 0.15) is 0 Å². The van der Waals surface area contributed by atoms with Gasteiger partial charge in [-0.2, -0.15) is 0 Å². The molecule has 0 fully saturated rings. The summed E-state index contributed by atoms with van der Waals surface area (Å²) in [6.45, 7) is 0. The van der Waals surface area contributed by atoms with Crippen molar-refractivity contribution in [2.75, 3.05) is 0 Å². The van der Waals surface area contributed by atoms with Crippen LogP contribution < -0.4 is 4.74 Å². The SMILES string of the molecule is N#COc1cccccccs1. The van der Waals surface area contributed by atoms with Crippen molar-refractivity contribution in [3.8, 4) is 11.3 Å². The third-order valence-corrected chi connectivity index (χ3v) is 1.83. The fourth-order valence-electron chi connectivity index (χ4n) is 0.621.